The van der Waals surface area contributed by atoms with E-state index in [1.54, 1.807) is 48.5 Å². The van der Waals surface area contributed by atoms with Gasteiger partial charge in [-0.2, -0.15) is 0 Å². The molecule has 8 nitrogen and oxygen atoms in total. The Morgan fingerprint density at radius 3 is 2.31 bits per heavy atom. The van der Waals surface area contributed by atoms with E-state index in [0.29, 0.717) is 22.2 Å². The molecule has 0 amide bonds. The summed E-state index contributed by atoms with van der Waals surface area (Å²) in [6.45, 7) is 0. The number of nitro groups is 1. The highest BCUT2D eigenvalue weighted by molar-refractivity contribution is 6.30. The van der Waals surface area contributed by atoms with Crippen molar-refractivity contribution in [1.82, 2.24) is 5.32 Å². The molecular formula is C17H13ClN4O4. The van der Waals surface area contributed by atoms with Crippen LogP contribution in [0.25, 0.3) is 0 Å². The van der Waals surface area contributed by atoms with Crippen molar-refractivity contribution in [1.29, 1.82) is 0 Å². The Balaban J connectivity index is 1.83. The van der Waals surface area contributed by atoms with Gasteiger partial charge in [-0.1, -0.05) is 11.6 Å². The molecule has 0 unspecified atom stereocenters. The molecule has 0 saturated carbocycles. The van der Waals surface area contributed by atoms with Crippen LogP contribution in [0.5, 0.6) is 0 Å². The lowest BCUT2D eigenvalue weighted by molar-refractivity contribution is -0.356. The molecule has 1 N–H and O–H groups in total. The summed E-state index contributed by atoms with van der Waals surface area (Å²) in [5.41, 5.74) is 0.626. The molecule has 1 aliphatic heterocycles. The van der Waals surface area contributed by atoms with Crippen LogP contribution in [0.3, 0.4) is 0 Å². The van der Waals surface area contributed by atoms with E-state index in [9.17, 15) is 10.1 Å². The Morgan fingerprint density at radius 2 is 1.73 bits per heavy atom. The largest absolute Gasteiger partial charge is 0.467 e. The molecule has 1 aromatic carbocycles. The molecule has 26 heavy (non-hydrogen) atoms. The smallest absolute Gasteiger partial charge is 0.389 e. The number of nitrogens with one attached hydrogen (secondary N) is 1. The zero-order chi connectivity index (χ0) is 18.1. The second kappa shape index (κ2) is 6.66. The van der Waals surface area contributed by atoms with E-state index >= 15 is 0 Å². The number of halogens is 1. The average molecular weight is 373 g/mol. The van der Waals surface area contributed by atoms with Gasteiger partial charge in [-0.05, 0) is 53.5 Å². The Morgan fingerprint density at radius 1 is 1.08 bits per heavy atom. The number of anilines is 1. The first-order valence-electron chi connectivity index (χ1n) is 7.74. The average Bonchev–Trinajstić information content (AvgIpc) is 3.35. The van der Waals surface area contributed by atoms with Crippen molar-refractivity contribution in [3.63, 3.8) is 0 Å². The van der Waals surface area contributed by atoms with Gasteiger partial charge in [0.15, 0.2) is 12.2 Å². The standard InChI is InChI=1S/C17H13ClN4O4/c18-11-5-7-12(8-6-11)21-16(14-4-2-10-26-14)19-15(13-3-1-9-25-13)17(20-21)22(23)24/h1-10,15-16,19H/t15-,16-/m0/s1. The van der Waals surface area contributed by atoms with Crippen molar-refractivity contribution in [3.8, 4) is 0 Å². The maximum atomic E-state index is 11.6. The molecule has 0 fully saturated rings. The Bertz CT molecular complexity index is 922. The number of amidine groups is 1. The van der Waals surface area contributed by atoms with Crippen LogP contribution in [0.2, 0.25) is 5.02 Å². The summed E-state index contributed by atoms with van der Waals surface area (Å²) in [5, 5.41) is 21.1. The topological polar surface area (TPSA) is 97.0 Å². The van der Waals surface area contributed by atoms with Crippen LogP contribution in [0, 0.1) is 10.1 Å². The zero-order valence-corrected chi connectivity index (χ0v) is 14.0. The molecule has 9 heteroatoms. The zero-order valence-electron chi connectivity index (χ0n) is 13.3. The van der Waals surface area contributed by atoms with E-state index in [-0.39, 0.29) is 5.84 Å². The predicted octanol–water partition coefficient (Wildman–Crippen LogP) is 3.97. The van der Waals surface area contributed by atoms with Crippen molar-refractivity contribution in [2.24, 2.45) is 5.10 Å². The fraction of sp³-hybridized carbons (Fsp3) is 0.118. The van der Waals surface area contributed by atoms with E-state index < -0.39 is 17.1 Å². The highest BCUT2D eigenvalue weighted by atomic mass is 35.5. The predicted molar refractivity (Wildman–Crippen MR) is 94.4 cm³/mol. The van der Waals surface area contributed by atoms with Gasteiger partial charge in [0.05, 0.1) is 23.3 Å². The van der Waals surface area contributed by atoms with Crippen molar-refractivity contribution in [2.75, 3.05) is 5.01 Å². The molecule has 2 aromatic heterocycles. The number of nitrogens with zero attached hydrogens (tertiary/aromatic N) is 3. The summed E-state index contributed by atoms with van der Waals surface area (Å²) in [7, 11) is 0. The van der Waals surface area contributed by atoms with Gasteiger partial charge in [-0.25, -0.2) is 0 Å². The lowest BCUT2D eigenvalue weighted by Gasteiger charge is -2.30. The van der Waals surface area contributed by atoms with Gasteiger partial charge < -0.3 is 18.9 Å². The highest BCUT2D eigenvalue weighted by Gasteiger charge is 2.43. The molecule has 132 valence electrons. The second-order valence-electron chi connectivity index (χ2n) is 5.57. The first-order valence-corrected chi connectivity index (χ1v) is 8.12. The van der Waals surface area contributed by atoms with Gasteiger partial charge in [0, 0.05) is 5.02 Å². The lowest BCUT2D eigenvalue weighted by atomic mass is 10.1. The van der Waals surface area contributed by atoms with Crippen LogP contribution < -0.4 is 10.3 Å². The maximum Gasteiger partial charge on any atom is 0.389 e. The van der Waals surface area contributed by atoms with E-state index in [1.165, 1.54) is 17.5 Å². The monoisotopic (exact) mass is 372 g/mol. The molecule has 4 rings (SSSR count). The fourth-order valence-corrected chi connectivity index (χ4v) is 2.91. The summed E-state index contributed by atoms with van der Waals surface area (Å²) >= 11 is 5.95. The normalized spacial score (nSPS) is 20.0. The number of hydrogen-bond donors (Lipinski definition) is 1. The lowest BCUT2D eigenvalue weighted by Crippen LogP contribution is -2.47. The SMILES string of the molecule is O=[N+]([O-])C1=NN(c2ccc(Cl)cc2)[C@@H](c2ccco2)N[C@H]1c1ccco1. The maximum absolute atomic E-state index is 11.6. The third-order valence-electron chi connectivity index (χ3n) is 3.96. The first kappa shape index (κ1) is 16.4. The molecule has 1 aliphatic rings. The molecule has 3 aromatic rings. The number of furan rings is 2. The summed E-state index contributed by atoms with van der Waals surface area (Å²) in [6, 6.07) is 12.9. The quantitative estimate of drug-likeness (QED) is 0.552. The van der Waals surface area contributed by atoms with Crippen LogP contribution in [0.15, 0.2) is 75.0 Å². The van der Waals surface area contributed by atoms with Gasteiger partial charge in [-0.3, -0.25) is 5.32 Å². The van der Waals surface area contributed by atoms with Crippen LogP contribution in [0.1, 0.15) is 23.7 Å². The Hall–Kier alpha value is -3.10. The van der Waals surface area contributed by atoms with Crippen LogP contribution in [0.4, 0.5) is 5.69 Å². The number of hydrogen-bond acceptors (Lipinski definition) is 7. The minimum Gasteiger partial charge on any atom is -0.467 e. The van der Waals surface area contributed by atoms with E-state index in [1.807, 2.05) is 0 Å². The van der Waals surface area contributed by atoms with Crippen molar-refractivity contribution >= 4 is 23.1 Å². The third kappa shape index (κ3) is 2.96. The minimum absolute atomic E-state index is 0.280. The third-order valence-corrected chi connectivity index (χ3v) is 4.21. The Kier molecular flexibility index (Phi) is 4.19. The number of hydrazone groups is 1. The van der Waals surface area contributed by atoms with Gasteiger partial charge in [-0.15, -0.1) is 5.01 Å². The molecule has 0 saturated heterocycles. The van der Waals surface area contributed by atoms with Crippen molar-refractivity contribution in [3.05, 3.63) is 87.7 Å². The van der Waals surface area contributed by atoms with E-state index in [4.69, 9.17) is 20.4 Å². The summed E-state index contributed by atoms with van der Waals surface area (Å²) in [4.78, 5) is 11.1. The molecule has 3 heterocycles. The minimum atomic E-state index is -0.821. The van der Waals surface area contributed by atoms with Crippen molar-refractivity contribution in [2.45, 2.75) is 12.2 Å². The summed E-state index contributed by atoms with van der Waals surface area (Å²) < 4.78 is 10.9. The Labute approximate surface area is 152 Å². The first-order chi connectivity index (χ1) is 12.6. The summed E-state index contributed by atoms with van der Waals surface area (Å²) in [6.07, 6.45) is 2.43. The molecular weight excluding hydrogens is 360 g/mol. The number of rotatable bonds is 3. The van der Waals surface area contributed by atoms with Gasteiger partial charge in [0.25, 0.3) is 0 Å². The van der Waals surface area contributed by atoms with Crippen LogP contribution >= 0.6 is 11.6 Å². The highest BCUT2D eigenvalue weighted by Crippen LogP contribution is 2.34. The van der Waals surface area contributed by atoms with Crippen LogP contribution in [-0.2, 0) is 0 Å². The van der Waals surface area contributed by atoms with Crippen molar-refractivity contribution < 1.29 is 13.8 Å². The summed E-state index contributed by atoms with van der Waals surface area (Å²) in [5.74, 6) is 0.674. The molecule has 0 bridgehead atoms. The van der Waals surface area contributed by atoms with Gasteiger partial charge in [0.2, 0.25) is 0 Å². The van der Waals surface area contributed by atoms with E-state index in [0.717, 1.165) is 0 Å². The molecule has 0 aliphatic carbocycles. The number of benzene rings is 1. The second-order valence-corrected chi connectivity index (χ2v) is 6.01. The molecule has 2 atom stereocenters. The van der Waals surface area contributed by atoms with Crippen LogP contribution in [-0.4, -0.2) is 10.8 Å². The van der Waals surface area contributed by atoms with Gasteiger partial charge >= 0.3 is 5.84 Å². The van der Waals surface area contributed by atoms with Gasteiger partial charge in [0.1, 0.15) is 11.5 Å². The molecule has 0 radical (unpaired) electrons. The van der Waals surface area contributed by atoms with E-state index in [2.05, 4.69) is 10.4 Å². The fourth-order valence-electron chi connectivity index (χ4n) is 2.79. The molecule has 0 spiro atoms.